The van der Waals surface area contributed by atoms with Gasteiger partial charge in [0.05, 0.1) is 0 Å². The molecule has 0 heterocycles. The third-order valence-corrected chi connectivity index (χ3v) is 3.95. The van der Waals surface area contributed by atoms with E-state index < -0.39 is 0 Å². The smallest absolute Gasteiger partial charge is 0.0358 e. The molecule has 0 unspecified atom stereocenters. The lowest BCUT2D eigenvalue weighted by Crippen LogP contribution is -2.15. The molecule has 1 rings (SSSR count). The van der Waals surface area contributed by atoms with Gasteiger partial charge in [0.15, 0.2) is 0 Å². The van der Waals surface area contributed by atoms with Crippen LogP contribution >= 0.6 is 0 Å². The van der Waals surface area contributed by atoms with Crippen molar-refractivity contribution >= 4 is 0 Å². The van der Waals surface area contributed by atoms with Crippen molar-refractivity contribution in [3.8, 4) is 12.3 Å². The molecule has 0 aromatic carbocycles. The zero-order valence-corrected chi connectivity index (χ0v) is 14.0. The fraction of sp³-hybridized carbons (Fsp3) is 0.400. The normalized spacial score (nSPS) is 15.7. The Kier molecular flexibility index (Phi) is 6.31. The first-order valence-corrected chi connectivity index (χ1v) is 7.49. The summed E-state index contributed by atoms with van der Waals surface area (Å²) in [5, 5.41) is 0. The summed E-state index contributed by atoms with van der Waals surface area (Å²) in [7, 11) is 2.04. The molecule has 112 valence electrons. The topological polar surface area (TPSA) is 3.24 Å². The molecule has 0 fully saturated rings. The van der Waals surface area contributed by atoms with Crippen molar-refractivity contribution < 1.29 is 0 Å². The molecule has 0 aromatic rings. The zero-order valence-electron chi connectivity index (χ0n) is 14.0. The summed E-state index contributed by atoms with van der Waals surface area (Å²) >= 11 is 0. The van der Waals surface area contributed by atoms with Gasteiger partial charge in [0.2, 0.25) is 0 Å². The molecule has 0 bridgehead atoms. The maximum absolute atomic E-state index is 5.57. The van der Waals surface area contributed by atoms with Crippen LogP contribution in [0.1, 0.15) is 40.5 Å². The first-order chi connectivity index (χ1) is 9.88. The summed E-state index contributed by atoms with van der Waals surface area (Å²) in [4.78, 5) is 2.09. The molecular formula is C20H27N. The highest BCUT2D eigenvalue weighted by molar-refractivity contribution is 5.51. The van der Waals surface area contributed by atoms with Crippen molar-refractivity contribution in [3.63, 3.8) is 0 Å². The standard InChI is InChI=1S/C20H27N/c1-8-11-19(14-21(7)18(6)15(2)3)20-13-10-9-12-16(4)17(20)5/h1,10,12-15H,6,9,11H2,2-5,7H3/b19-14+. The average Bonchev–Trinajstić information content (AvgIpc) is 2.60. The fourth-order valence-electron chi connectivity index (χ4n) is 2.31. The Labute approximate surface area is 130 Å². The Bertz CT molecular complexity index is 559. The molecule has 0 spiro atoms. The summed E-state index contributed by atoms with van der Waals surface area (Å²) in [6.45, 7) is 12.8. The van der Waals surface area contributed by atoms with Gasteiger partial charge in [-0.1, -0.05) is 44.2 Å². The highest BCUT2D eigenvalue weighted by Crippen LogP contribution is 2.27. The van der Waals surface area contributed by atoms with Crippen LogP contribution in [0, 0.1) is 18.3 Å². The molecular weight excluding hydrogens is 254 g/mol. The molecule has 0 radical (unpaired) electrons. The van der Waals surface area contributed by atoms with Crippen LogP contribution in [0.25, 0.3) is 0 Å². The second kappa shape index (κ2) is 7.74. The fourth-order valence-corrected chi connectivity index (χ4v) is 2.31. The maximum Gasteiger partial charge on any atom is 0.0358 e. The van der Waals surface area contributed by atoms with E-state index in [2.05, 4.69) is 69.5 Å². The van der Waals surface area contributed by atoms with E-state index in [1.54, 1.807) is 0 Å². The first kappa shape index (κ1) is 17.1. The Balaban J connectivity index is 3.24. The van der Waals surface area contributed by atoms with Gasteiger partial charge >= 0.3 is 0 Å². The SMILES string of the molecule is C#CC/C(=C\N(C)C(=C)C(C)C)C1=C(C)C(C)=CCC=C1. The number of hydrogen-bond acceptors (Lipinski definition) is 1. The van der Waals surface area contributed by atoms with E-state index in [4.69, 9.17) is 6.42 Å². The van der Waals surface area contributed by atoms with Crippen molar-refractivity contribution in [2.75, 3.05) is 7.05 Å². The van der Waals surface area contributed by atoms with Gasteiger partial charge in [-0.2, -0.15) is 0 Å². The largest absolute Gasteiger partial charge is 0.354 e. The number of hydrogen-bond donors (Lipinski definition) is 0. The van der Waals surface area contributed by atoms with E-state index in [-0.39, 0.29) is 0 Å². The average molecular weight is 281 g/mol. The molecule has 1 nitrogen and oxygen atoms in total. The van der Waals surface area contributed by atoms with E-state index in [0.717, 1.165) is 12.1 Å². The van der Waals surface area contributed by atoms with Crippen LogP contribution < -0.4 is 0 Å². The monoisotopic (exact) mass is 281 g/mol. The summed E-state index contributed by atoms with van der Waals surface area (Å²) in [6.07, 6.45) is 15.9. The van der Waals surface area contributed by atoms with Crippen LogP contribution in [0.4, 0.5) is 0 Å². The van der Waals surface area contributed by atoms with Gasteiger partial charge in [-0.05, 0) is 42.9 Å². The molecule has 1 aliphatic carbocycles. The lowest BCUT2D eigenvalue weighted by molar-refractivity contribution is 0.488. The molecule has 0 aliphatic heterocycles. The molecule has 0 amide bonds. The van der Waals surface area contributed by atoms with Gasteiger partial charge in [-0.25, -0.2) is 0 Å². The molecule has 0 aromatic heterocycles. The highest BCUT2D eigenvalue weighted by atomic mass is 15.1. The summed E-state index contributed by atoms with van der Waals surface area (Å²) in [6, 6.07) is 0. The minimum absolute atomic E-state index is 0.416. The molecule has 0 N–H and O–H groups in total. The van der Waals surface area contributed by atoms with Crippen molar-refractivity contribution in [2.45, 2.75) is 40.5 Å². The third kappa shape index (κ3) is 4.53. The molecule has 1 aliphatic rings. The summed E-state index contributed by atoms with van der Waals surface area (Å²) < 4.78 is 0. The second-order valence-corrected chi connectivity index (χ2v) is 5.86. The molecule has 0 saturated carbocycles. The Morgan fingerprint density at radius 2 is 2.14 bits per heavy atom. The van der Waals surface area contributed by atoms with E-state index in [9.17, 15) is 0 Å². The zero-order chi connectivity index (χ0) is 16.0. The highest BCUT2D eigenvalue weighted by Gasteiger charge is 2.11. The number of rotatable bonds is 5. The quantitative estimate of drug-likeness (QED) is 0.625. The molecule has 21 heavy (non-hydrogen) atoms. The van der Waals surface area contributed by atoms with E-state index in [0.29, 0.717) is 12.3 Å². The minimum atomic E-state index is 0.416. The van der Waals surface area contributed by atoms with E-state index in [1.165, 1.54) is 22.3 Å². The van der Waals surface area contributed by atoms with Crippen LogP contribution in [0.3, 0.4) is 0 Å². The minimum Gasteiger partial charge on any atom is -0.354 e. The second-order valence-electron chi connectivity index (χ2n) is 5.86. The van der Waals surface area contributed by atoms with Crippen molar-refractivity contribution in [2.24, 2.45) is 5.92 Å². The number of allylic oxidation sites excluding steroid dienone is 8. The van der Waals surface area contributed by atoms with Crippen molar-refractivity contribution in [1.82, 2.24) is 4.90 Å². The van der Waals surface area contributed by atoms with Gasteiger partial charge in [0.25, 0.3) is 0 Å². The predicted molar refractivity (Wildman–Crippen MR) is 93.5 cm³/mol. The van der Waals surface area contributed by atoms with Gasteiger partial charge in [-0.15, -0.1) is 12.3 Å². The number of nitrogens with zero attached hydrogens (tertiary/aromatic N) is 1. The Morgan fingerprint density at radius 3 is 2.71 bits per heavy atom. The molecule has 0 saturated heterocycles. The van der Waals surface area contributed by atoms with Crippen molar-refractivity contribution in [1.29, 1.82) is 0 Å². The summed E-state index contributed by atoms with van der Waals surface area (Å²) in [5.41, 5.74) is 6.12. The van der Waals surface area contributed by atoms with Gasteiger partial charge < -0.3 is 4.90 Å². The molecule has 1 heteroatoms. The Morgan fingerprint density at radius 1 is 1.48 bits per heavy atom. The van der Waals surface area contributed by atoms with Crippen LogP contribution in [0.15, 0.2) is 59.0 Å². The summed E-state index contributed by atoms with van der Waals surface area (Å²) in [5.74, 6) is 3.20. The van der Waals surface area contributed by atoms with Gasteiger partial charge in [-0.3, -0.25) is 0 Å². The molecule has 0 atom stereocenters. The number of terminal acetylenes is 1. The lowest BCUT2D eigenvalue weighted by Gasteiger charge is -2.22. The van der Waals surface area contributed by atoms with Crippen LogP contribution in [0.2, 0.25) is 0 Å². The van der Waals surface area contributed by atoms with Crippen LogP contribution in [-0.4, -0.2) is 11.9 Å². The van der Waals surface area contributed by atoms with Crippen LogP contribution in [0.5, 0.6) is 0 Å². The Hall–Kier alpha value is -1.94. The third-order valence-electron chi connectivity index (χ3n) is 3.95. The van der Waals surface area contributed by atoms with Gasteiger partial charge in [0.1, 0.15) is 0 Å². The van der Waals surface area contributed by atoms with E-state index >= 15 is 0 Å². The van der Waals surface area contributed by atoms with Crippen molar-refractivity contribution in [3.05, 3.63) is 59.0 Å². The van der Waals surface area contributed by atoms with Crippen LogP contribution in [-0.2, 0) is 0 Å². The lowest BCUT2D eigenvalue weighted by atomic mass is 9.95. The first-order valence-electron chi connectivity index (χ1n) is 7.49. The maximum atomic E-state index is 5.57. The van der Waals surface area contributed by atoms with Gasteiger partial charge in [0, 0.05) is 25.4 Å². The predicted octanol–water partition coefficient (Wildman–Crippen LogP) is 5.22. The van der Waals surface area contributed by atoms with E-state index in [1.807, 2.05) is 7.05 Å².